The van der Waals surface area contributed by atoms with Crippen molar-refractivity contribution in [2.24, 2.45) is 0 Å². The van der Waals surface area contributed by atoms with Gasteiger partial charge >= 0.3 is 11.7 Å². The number of hydrogen-bond donors (Lipinski definition) is 3. The maximum atomic E-state index is 10.4. The van der Waals surface area contributed by atoms with Crippen LogP contribution in [0.3, 0.4) is 0 Å². The number of aromatic amines is 2. The van der Waals surface area contributed by atoms with E-state index in [2.05, 4.69) is 9.97 Å². The Morgan fingerprint density at radius 1 is 1.50 bits per heavy atom. The van der Waals surface area contributed by atoms with Crippen molar-refractivity contribution in [3.63, 3.8) is 0 Å². The van der Waals surface area contributed by atoms with Gasteiger partial charge in [-0.05, 0) is 6.92 Å². The zero-order valence-electron chi connectivity index (χ0n) is 5.26. The minimum atomic E-state index is -1.13. The molecule has 1 heterocycles. The second kappa shape index (κ2) is 2.02. The lowest BCUT2D eigenvalue weighted by molar-refractivity contribution is 0.0690. The predicted octanol–water partition coefficient (Wildman–Crippen LogP) is -0.290. The number of rotatable bonds is 1. The minimum Gasteiger partial charge on any atom is -0.477 e. The zero-order chi connectivity index (χ0) is 7.72. The SMILES string of the molecule is Cc1[nH]c(=O)[nH]c1C(=O)O. The van der Waals surface area contributed by atoms with E-state index in [0.29, 0.717) is 5.69 Å². The van der Waals surface area contributed by atoms with E-state index in [1.807, 2.05) is 0 Å². The van der Waals surface area contributed by atoms with E-state index in [0.717, 1.165) is 0 Å². The molecule has 1 aromatic rings. The molecule has 0 aliphatic heterocycles. The first-order valence-electron chi connectivity index (χ1n) is 2.63. The molecular formula is C5H6N2O3. The highest BCUT2D eigenvalue weighted by molar-refractivity contribution is 5.86. The van der Waals surface area contributed by atoms with Crippen LogP contribution >= 0.6 is 0 Å². The Hall–Kier alpha value is -1.52. The van der Waals surface area contributed by atoms with Gasteiger partial charge in [0.15, 0.2) is 0 Å². The number of aromatic nitrogens is 2. The smallest absolute Gasteiger partial charge is 0.354 e. The maximum Gasteiger partial charge on any atom is 0.354 e. The Balaban J connectivity index is 3.28. The molecule has 10 heavy (non-hydrogen) atoms. The fourth-order valence-corrected chi connectivity index (χ4v) is 0.685. The average molecular weight is 142 g/mol. The molecular weight excluding hydrogens is 136 g/mol. The van der Waals surface area contributed by atoms with Crippen molar-refractivity contribution in [2.45, 2.75) is 6.92 Å². The first-order valence-corrected chi connectivity index (χ1v) is 2.63. The van der Waals surface area contributed by atoms with Crippen molar-refractivity contribution >= 4 is 5.97 Å². The number of aryl methyl sites for hydroxylation is 1. The first kappa shape index (κ1) is 6.60. The van der Waals surface area contributed by atoms with Gasteiger partial charge in [0.2, 0.25) is 0 Å². The zero-order valence-corrected chi connectivity index (χ0v) is 5.26. The molecule has 0 aliphatic carbocycles. The molecule has 5 heteroatoms. The molecule has 0 unspecified atom stereocenters. The van der Waals surface area contributed by atoms with Crippen molar-refractivity contribution in [3.8, 4) is 0 Å². The molecule has 0 saturated carbocycles. The van der Waals surface area contributed by atoms with Gasteiger partial charge < -0.3 is 10.1 Å². The number of carbonyl (C=O) groups is 1. The minimum absolute atomic E-state index is 0.0787. The summed E-state index contributed by atoms with van der Waals surface area (Å²) in [7, 11) is 0. The van der Waals surface area contributed by atoms with E-state index in [4.69, 9.17) is 5.11 Å². The van der Waals surface area contributed by atoms with Crippen molar-refractivity contribution < 1.29 is 9.90 Å². The molecule has 0 aliphatic rings. The number of carboxylic acid groups (broad SMARTS) is 1. The Kier molecular flexibility index (Phi) is 1.33. The van der Waals surface area contributed by atoms with Gasteiger partial charge in [-0.25, -0.2) is 9.59 Å². The largest absolute Gasteiger partial charge is 0.477 e. The fraction of sp³-hybridized carbons (Fsp3) is 0.200. The molecule has 0 saturated heterocycles. The number of nitrogens with one attached hydrogen (secondary N) is 2. The van der Waals surface area contributed by atoms with Gasteiger partial charge in [0.05, 0.1) is 0 Å². The van der Waals surface area contributed by atoms with Crippen LogP contribution in [0.1, 0.15) is 16.2 Å². The highest BCUT2D eigenvalue weighted by Crippen LogP contribution is 1.95. The topological polar surface area (TPSA) is 86.0 Å². The summed E-state index contributed by atoms with van der Waals surface area (Å²) >= 11 is 0. The summed E-state index contributed by atoms with van der Waals surface area (Å²) in [6.07, 6.45) is 0. The monoisotopic (exact) mass is 142 g/mol. The molecule has 0 aromatic carbocycles. The molecule has 5 nitrogen and oxygen atoms in total. The Morgan fingerprint density at radius 2 is 2.10 bits per heavy atom. The lowest BCUT2D eigenvalue weighted by Crippen LogP contribution is -2.03. The van der Waals surface area contributed by atoms with Crippen LogP contribution in [0.15, 0.2) is 4.79 Å². The van der Waals surface area contributed by atoms with E-state index >= 15 is 0 Å². The van der Waals surface area contributed by atoms with E-state index in [1.165, 1.54) is 6.92 Å². The molecule has 3 N–H and O–H groups in total. The highest BCUT2D eigenvalue weighted by Gasteiger charge is 2.08. The molecule has 0 amide bonds. The molecule has 0 atom stereocenters. The lowest BCUT2D eigenvalue weighted by Gasteiger charge is -1.85. The van der Waals surface area contributed by atoms with Crippen LogP contribution in [0.25, 0.3) is 0 Å². The Labute approximate surface area is 55.7 Å². The van der Waals surface area contributed by atoms with E-state index in [9.17, 15) is 9.59 Å². The fourth-order valence-electron chi connectivity index (χ4n) is 0.685. The third-order valence-corrected chi connectivity index (χ3v) is 1.13. The van der Waals surface area contributed by atoms with Crippen LogP contribution in [0.2, 0.25) is 0 Å². The van der Waals surface area contributed by atoms with Crippen LogP contribution in [0.5, 0.6) is 0 Å². The third kappa shape index (κ3) is 0.928. The molecule has 54 valence electrons. The molecule has 1 rings (SSSR count). The van der Waals surface area contributed by atoms with Crippen LogP contribution < -0.4 is 5.69 Å². The van der Waals surface area contributed by atoms with Crippen molar-refractivity contribution in [2.75, 3.05) is 0 Å². The normalized spacial score (nSPS) is 9.70. The number of aromatic carboxylic acids is 1. The number of imidazole rings is 1. The Bertz CT molecular complexity index is 309. The summed E-state index contributed by atoms with van der Waals surface area (Å²) < 4.78 is 0. The van der Waals surface area contributed by atoms with Crippen LogP contribution in [0.4, 0.5) is 0 Å². The van der Waals surface area contributed by atoms with E-state index in [1.54, 1.807) is 0 Å². The second-order valence-electron chi connectivity index (χ2n) is 1.88. The summed E-state index contributed by atoms with van der Waals surface area (Å²) in [6.45, 7) is 1.52. The van der Waals surface area contributed by atoms with E-state index < -0.39 is 11.7 Å². The first-order chi connectivity index (χ1) is 4.61. The van der Waals surface area contributed by atoms with Crippen molar-refractivity contribution in [3.05, 3.63) is 21.9 Å². The van der Waals surface area contributed by atoms with Gasteiger partial charge in [0.1, 0.15) is 5.69 Å². The predicted molar refractivity (Wildman–Crippen MR) is 33.1 cm³/mol. The van der Waals surface area contributed by atoms with Gasteiger partial charge in [0, 0.05) is 5.69 Å². The van der Waals surface area contributed by atoms with Crippen LogP contribution in [-0.4, -0.2) is 21.0 Å². The molecule has 1 aromatic heterocycles. The quantitative estimate of drug-likeness (QED) is 0.503. The summed E-state index contributed by atoms with van der Waals surface area (Å²) in [4.78, 5) is 25.1. The lowest BCUT2D eigenvalue weighted by atomic mass is 10.4. The third-order valence-electron chi connectivity index (χ3n) is 1.13. The maximum absolute atomic E-state index is 10.4. The summed E-state index contributed by atoms with van der Waals surface area (Å²) in [5.41, 5.74) is -0.225. The Morgan fingerprint density at radius 3 is 2.30 bits per heavy atom. The van der Waals surface area contributed by atoms with Gasteiger partial charge in [-0.3, -0.25) is 4.98 Å². The van der Waals surface area contributed by atoms with Crippen molar-refractivity contribution in [1.82, 2.24) is 9.97 Å². The number of H-pyrrole nitrogens is 2. The molecule has 0 fully saturated rings. The standard InChI is InChI=1S/C5H6N2O3/c1-2-3(4(8)9)7-5(10)6-2/h1H3,(H,8,9)(H2,6,7,10). The molecule has 0 spiro atoms. The summed E-state index contributed by atoms with van der Waals surface area (Å²) in [5, 5.41) is 8.39. The highest BCUT2D eigenvalue weighted by atomic mass is 16.4. The average Bonchev–Trinajstić information content (AvgIpc) is 2.10. The van der Waals surface area contributed by atoms with Gasteiger partial charge in [-0.15, -0.1) is 0 Å². The number of carboxylic acids is 1. The molecule has 0 radical (unpaired) electrons. The second-order valence-corrected chi connectivity index (χ2v) is 1.88. The van der Waals surface area contributed by atoms with Gasteiger partial charge in [-0.2, -0.15) is 0 Å². The molecule has 0 bridgehead atoms. The summed E-state index contributed by atoms with van der Waals surface area (Å²) in [5.74, 6) is -1.13. The summed E-state index contributed by atoms with van der Waals surface area (Å²) in [6, 6.07) is 0. The van der Waals surface area contributed by atoms with E-state index in [-0.39, 0.29) is 5.69 Å². The number of hydrogen-bond acceptors (Lipinski definition) is 2. The van der Waals surface area contributed by atoms with Gasteiger partial charge in [-0.1, -0.05) is 0 Å². The van der Waals surface area contributed by atoms with Crippen LogP contribution in [0, 0.1) is 6.92 Å². The van der Waals surface area contributed by atoms with Crippen LogP contribution in [-0.2, 0) is 0 Å². The van der Waals surface area contributed by atoms with Gasteiger partial charge in [0.25, 0.3) is 0 Å². The van der Waals surface area contributed by atoms with Crippen molar-refractivity contribution in [1.29, 1.82) is 0 Å².